The summed E-state index contributed by atoms with van der Waals surface area (Å²) in [7, 11) is 3.89. The van der Waals surface area contributed by atoms with Crippen molar-refractivity contribution in [1.82, 2.24) is 9.80 Å². The predicted molar refractivity (Wildman–Crippen MR) is 111 cm³/mol. The molecule has 0 saturated carbocycles. The number of hydrogen-bond donors (Lipinski definition) is 0. The summed E-state index contributed by atoms with van der Waals surface area (Å²) >= 11 is 5.93. The van der Waals surface area contributed by atoms with Gasteiger partial charge in [0.05, 0.1) is 7.11 Å². The van der Waals surface area contributed by atoms with E-state index in [1.165, 1.54) is 31.7 Å². The average molecular weight is 389 g/mol. The fourth-order valence-electron chi connectivity index (χ4n) is 3.31. The Morgan fingerprint density at radius 2 is 1.63 bits per heavy atom. The third-order valence-corrected chi connectivity index (χ3v) is 5.32. The van der Waals surface area contributed by atoms with Gasteiger partial charge in [-0.25, -0.2) is 0 Å². The first kappa shape index (κ1) is 20.0. The van der Waals surface area contributed by atoms with Gasteiger partial charge in [-0.1, -0.05) is 29.8 Å². The molecule has 0 aliphatic carbocycles. The molecule has 2 aromatic carbocycles. The summed E-state index contributed by atoms with van der Waals surface area (Å²) in [6.45, 7) is 6.36. The van der Waals surface area contributed by atoms with Gasteiger partial charge >= 0.3 is 0 Å². The van der Waals surface area contributed by atoms with Gasteiger partial charge in [-0.2, -0.15) is 0 Å². The van der Waals surface area contributed by atoms with Gasteiger partial charge in [-0.15, -0.1) is 0 Å². The van der Waals surface area contributed by atoms with Crippen LogP contribution in [0.4, 0.5) is 0 Å². The van der Waals surface area contributed by atoms with Gasteiger partial charge in [-0.3, -0.25) is 0 Å². The molecule has 2 aromatic rings. The molecule has 0 aromatic heterocycles. The van der Waals surface area contributed by atoms with Gasteiger partial charge in [0, 0.05) is 31.2 Å². The van der Waals surface area contributed by atoms with E-state index < -0.39 is 0 Å². The quantitative estimate of drug-likeness (QED) is 0.679. The number of ether oxygens (including phenoxy) is 2. The molecule has 0 atom stereocenters. The molecular formula is C22H29ClN2O2. The summed E-state index contributed by atoms with van der Waals surface area (Å²) in [5.41, 5.74) is 2.37. The normalized spacial score (nSPS) is 15.7. The van der Waals surface area contributed by atoms with Gasteiger partial charge in [-0.05, 0) is 61.8 Å². The van der Waals surface area contributed by atoms with E-state index in [0.29, 0.717) is 6.61 Å². The van der Waals surface area contributed by atoms with E-state index in [-0.39, 0.29) is 0 Å². The lowest BCUT2D eigenvalue weighted by atomic mass is 10.1. The minimum absolute atomic E-state index is 0.496. The minimum atomic E-state index is 0.496. The highest BCUT2D eigenvalue weighted by molar-refractivity contribution is 6.30. The van der Waals surface area contributed by atoms with E-state index in [4.69, 9.17) is 21.1 Å². The van der Waals surface area contributed by atoms with Crippen LogP contribution in [0.25, 0.3) is 0 Å². The van der Waals surface area contributed by atoms with Crippen molar-refractivity contribution >= 4 is 11.6 Å². The monoisotopic (exact) mass is 388 g/mol. The molecule has 0 N–H and O–H groups in total. The number of aryl methyl sites for hydroxylation is 1. The largest absolute Gasteiger partial charge is 0.493 e. The van der Waals surface area contributed by atoms with Crippen LogP contribution in [-0.2, 0) is 13.0 Å². The molecule has 0 amide bonds. The van der Waals surface area contributed by atoms with Crippen molar-refractivity contribution in [3.05, 3.63) is 58.6 Å². The van der Waals surface area contributed by atoms with Crippen LogP contribution in [0.5, 0.6) is 11.5 Å². The van der Waals surface area contributed by atoms with Crippen molar-refractivity contribution in [2.24, 2.45) is 0 Å². The summed E-state index contributed by atoms with van der Waals surface area (Å²) < 4.78 is 11.5. The van der Waals surface area contributed by atoms with Gasteiger partial charge < -0.3 is 19.3 Å². The predicted octanol–water partition coefficient (Wildman–Crippen LogP) is 4.11. The third-order valence-electron chi connectivity index (χ3n) is 5.07. The lowest BCUT2D eigenvalue weighted by Gasteiger charge is -2.32. The van der Waals surface area contributed by atoms with Crippen LogP contribution in [-0.4, -0.2) is 56.7 Å². The fourth-order valence-corrected chi connectivity index (χ4v) is 3.43. The minimum Gasteiger partial charge on any atom is -0.493 e. The molecule has 0 bridgehead atoms. The van der Waals surface area contributed by atoms with Crippen LogP contribution in [0, 0.1) is 0 Å². The summed E-state index contributed by atoms with van der Waals surface area (Å²) in [5.74, 6) is 1.57. The highest BCUT2D eigenvalue weighted by Gasteiger charge is 2.13. The number of benzene rings is 2. The second-order valence-electron chi connectivity index (χ2n) is 7.15. The number of nitrogens with zero attached hydrogens (tertiary/aromatic N) is 2. The molecule has 3 rings (SSSR count). The molecule has 5 heteroatoms. The van der Waals surface area contributed by atoms with Crippen LogP contribution < -0.4 is 9.47 Å². The highest BCUT2D eigenvalue weighted by Crippen LogP contribution is 2.29. The smallest absolute Gasteiger partial charge is 0.161 e. The van der Waals surface area contributed by atoms with E-state index in [1.807, 2.05) is 30.3 Å². The molecule has 1 heterocycles. The molecular weight excluding hydrogens is 360 g/mol. The average Bonchev–Trinajstić information content (AvgIpc) is 2.69. The molecule has 0 radical (unpaired) electrons. The van der Waals surface area contributed by atoms with Gasteiger partial charge in [0.25, 0.3) is 0 Å². The summed E-state index contributed by atoms with van der Waals surface area (Å²) in [6.07, 6.45) is 2.22. The number of methoxy groups -OCH3 is 1. The zero-order valence-corrected chi connectivity index (χ0v) is 17.0. The Bertz CT molecular complexity index is 713. The van der Waals surface area contributed by atoms with Crippen molar-refractivity contribution in [2.45, 2.75) is 19.4 Å². The highest BCUT2D eigenvalue weighted by atomic mass is 35.5. The first-order chi connectivity index (χ1) is 13.1. The number of likely N-dealkylation sites (N-methyl/N-ethyl adjacent to an activating group) is 1. The van der Waals surface area contributed by atoms with Gasteiger partial charge in [0.2, 0.25) is 0 Å². The van der Waals surface area contributed by atoms with Gasteiger partial charge in [0.15, 0.2) is 11.5 Å². The SMILES string of the molecule is COc1cc(CCCN2CCN(C)CC2)ccc1OCc1ccc(Cl)cc1. The molecule has 1 aliphatic heterocycles. The first-order valence-corrected chi connectivity index (χ1v) is 9.97. The van der Waals surface area contributed by atoms with Gasteiger partial charge in [0.1, 0.15) is 6.61 Å². The molecule has 4 nitrogen and oxygen atoms in total. The Balaban J connectivity index is 1.50. The van der Waals surface area contributed by atoms with E-state index in [9.17, 15) is 0 Å². The summed E-state index contributed by atoms with van der Waals surface area (Å²) in [5, 5.41) is 0.734. The Morgan fingerprint density at radius 1 is 0.926 bits per heavy atom. The Morgan fingerprint density at radius 3 is 2.33 bits per heavy atom. The van der Waals surface area contributed by atoms with Crippen molar-refractivity contribution in [3.63, 3.8) is 0 Å². The topological polar surface area (TPSA) is 24.9 Å². The fraction of sp³-hybridized carbons (Fsp3) is 0.455. The van der Waals surface area contributed by atoms with Crippen molar-refractivity contribution in [1.29, 1.82) is 0 Å². The number of rotatable bonds is 8. The van der Waals surface area contributed by atoms with Crippen LogP contribution in [0.1, 0.15) is 17.5 Å². The molecule has 146 valence electrons. The van der Waals surface area contributed by atoms with E-state index in [1.54, 1.807) is 7.11 Å². The second-order valence-corrected chi connectivity index (χ2v) is 7.59. The van der Waals surface area contributed by atoms with Crippen LogP contribution in [0.2, 0.25) is 5.02 Å². The molecule has 27 heavy (non-hydrogen) atoms. The standard InChI is InChI=1S/C22H29ClN2O2/c1-24-12-14-25(15-13-24)11-3-4-18-7-10-21(22(16-18)26-2)27-17-19-5-8-20(23)9-6-19/h5-10,16H,3-4,11-15,17H2,1-2H3. The molecule has 0 spiro atoms. The van der Waals surface area contributed by atoms with Crippen molar-refractivity contribution in [3.8, 4) is 11.5 Å². The molecule has 0 unspecified atom stereocenters. The molecule has 1 saturated heterocycles. The van der Waals surface area contributed by atoms with Crippen molar-refractivity contribution in [2.75, 3.05) is 46.9 Å². The maximum atomic E-state index is 5.94. The van der Waals surface area contributed by atoms with E-state index in [0.717, 1.165) is 41.5 Å². The van der Waals surface area contributed by atoms with Crippen LogP contribution in [0.3, 0.4) is 0 Å². The lowest BCUT2D eigenvalue weighted by Crippen LogP contribution is -2.44. The molecule has 1 aliphatic rings. The van der Waals surface area contributed by atoms with Crippen LogP contribution >= 0.6 is 11.6 Å². The zero-order valence-electron chi connectivity index (χ0n) is 16.3. The second kappa shape index (κ2) is 9.98. The first-order valence-electron chi connectivity index (χ1n) is 9.59. The maximum Gasteiger partial charge on any atom is 0.161 e. The number of halogens is 1. The number of piperazine rings is 1. The van der Waals surface area contributed by atoms with E-state index >= 15 is 0 Å². The Hall–Kier alpha value is -1.75. The lowest BCUT2D eigenvalue weighted by molar-refractivity contribution is 0.153. The Kier molecular flexibility index (Phi) is 7.39. The van der Waals surface area contributed by atoms with E-state index in [2.05, 4.69) is 29.0 Å². The third kappa shape index (κ3) is 6.13. The summed E-state index contributed by atoms with van der Waals surface area (Å²) in [4.78, 5) is 4.95. The van der Waals surface area contributed by atoms with Crippen molar-refractivity contribution < 1.29 is 9.47 Å². The summed E-state index contributed by atoms with van der Waals surface area (Å²) in [6, 6.07) is 14.0. The molecule has 1 fully saturated rings. The number of hydrogen-bond acceptors (Lipinski definition) is 4. The maximum absolute atomic E-state index is 5.94. The zero-order chi connectivity index (χ0) is 19.1. The Labute approximate surface area is 167 Å². The van der Waals surface area contributed by atoms with Crippen LogP contribution in [0.15, 0.2) is 42.5 Å².